The summed E-state index contributed by atoms with van der Waals surface area (Å²) in [6.07, 6.45) is -4.87. The van der Waals surface area contributed by atoms with Crippen LogP contribution in [0, 0.1) is 10.1 Å². The molecular weight excluding hydrogens is 277 g/mol. The molecule has 0 aliphatic rings. The van der Waals surface area contributed by atoms with Gasteiger partial charge in [-0.3, -0.25) is 14.9 Å². The van der Waals surface area contributed by atoms with Crippen molar-refractivity contribution in [1.29, 1.82) is 0 Å². The third kappa shape index (κ3) is 3.10. The first-order valence-corrected chi connectivity index (χ1v) is 4.83. The van der Waals surface area contributed by atoms with Crippen LogP contribution in [0.2, 0.25) is 5.02 Å². The first-order valence-electron chi connectivity index (χ1n) is 4.45. The normalized spacial score (nSPS) is 11.2. The summed E-state index contributed by atoms with van der Waals surface area (Å²) >= 11 is 5.39. The summed E-state index contributed by atoms with van der Waals surface area (Å²) in [6, 6.07) is 1.25. The molecule has 18 heavy (non-hydrogen) atoms. The molecule has 0 aliphatic heterocycles. The summed E-state index contributed by atoms with van der Waals surface area (Å²) < 4.78 is 38.1. The molecule has 0 heterocycles. The first-order chi connectivity index (χ1) is 8.12. The highest BCUT2D eigenvalue weighted by atomic mass is 35.5. The number of hydrogen-bond donors (Lipinski definition) is 1. The smallest absolute Gasteiger partial charge is 0.320 e. The highest BCUT2D eigenvalue weighted by Gasteiger charge is 2.38. The van der Waals surface area contributed by atoms with Gasteiger partial charge in [0.1, 0.15) is 5.69 Å². The van der Waals surface area contributed by atoms with Crippen molar-refractivity contribution in [3.8, 4) is 0 Å². The Bertz CT molecular complexity index is 517. The molecule has 0 spiro atoms. The van der Waals surface area contributed by atoms with Gasteiger partial charge >= 0.3 is 6.18 Å². The third-order valence-electron chi connectivity index (χ3n) is 1.89. The van der Waals surface area contributed by atoms with Crippen molar-refractivity contribution >= 4 is 28.9 Å². The van der Waals surface area contributed by atoms with E-state index in [2.05, 4.69) is 0 Å². The zero-order valence-electron chi connectivity index (χ0n) is 8.84. The molecule has 0 saturated carbocycles. The Morgan fingerprint density at radius 1 is 1.44 bits per heavy atom. The van der Waals surface area contributed by atoms with Gasteiger partial charge in [0.25, 0.3) is 5.69 Å². The van der Waals surface area contributed by atoms with Crippen molar-refractivity contribution in [2.75, 3.05) is 5.32 Å². The summed E-state index contributed by atoms with van der Waals surface area (Å²) in [6.45, 7) is 0.943. The van der Waals surface area contributed by atoms with E-state index in [0.29, 0.717) is 6.07 Å². The number of nitrogens with zero attached hydrogens (tertiary/aromatic N) is 1. The van der Waals surface area contributed by atoms with Crippen LogP contribution in [0.4, 0.5) is 24.5 Å². The van der Waals surface area contributed by atoms with Gasteiger partial charge in [0, 0.05) is 18.0 Å². The number of halogens is 4. The zero-order chi connectivity index (χ0) is 14.1. The summed E-state index contributed by atoms with van der Waals surface area (Å²) in [5.41, 5.74) is -3.19. The molecule has 0 unspecified atom stereocenters. The fourth-order valence-electron chi connectivity index (χ4n) is 1.27. The monoisotopic (exact) mass is 282 g/mol. The van der Waals surface area contributed by atoms with Gasteiger partial charge in [-0.1, -0.05) is 11.6 Å². The van der Waals surface area contributed by atoms with Gasteiger partial charge in [0.05, 0.1) is 10.5 Å². The number of amides is 1. The second-order valence-corrected chi connectivity index (χ2v) is 3.72. The number of rotatable bonds is 2. The van der Waals surface area contributed by atoms with Crippen molar-refractivity contribution in [1.82, 2.24) is 0 Å². The second kappa shape index (κ2) is 4.81. The highest BCUT2D eigenvalue weighted by Crippen LogP contribution is 2.41. The van der Waals surface area contributed by atoms with Gasteiger partial charge < -0.3 is 5.32 Å². The number of anilines is 1. The number of nitrogens with one attached hydrogen (secondary N) is 1. The van der Waals surface area contributed by atoms with Gasteiger partial charge in [0.2, 0.25) is 5.91 Å². The number of carbonyl (C=O) groups excluding carboxylic acids is 1. The molecule has 0 atom stereocenters. The maximum atomic E-state index is 12.7. The molecule has 0 fully saturated rings. The first kappa shape index (κ1) is 14.2. The molecule has 5 nitrogen and oxygen atoms in total. The number of benzene rings is 1. The predicted molar refractivity (Wildman–Crippen MR) is 57.4 cm³/mol. The Kier molecular flexibility index (Phi) is 3.80. The number of alkyl halides is 3. The van der Waals surface area contributed by atoms with E-state index in [0.717, 1.165) is 13.0 Å². The van der Waals surface area contributed by atoms with E-state index in [-0.39, 0.29) is 0 Å². The molecule has 9 heteroatoms. The summed E-state index contributed by atoms with van der Waals surface area (Å²) in [4.78, 5) is 20.4. The molecule has 0 aromatic heterocycles. The van der Waals surface area contributed by atoms with Crippen LogP contribution in [0.5, 0.6) is 0 Å². The minimum Gasteiger partial charge on any atom is -0.320 e. The van der Waals surface area contributed by atoms with Crippen LogP contribution < -0.4 is 5.32 Å². The van der Waals surface area contributed by atoms with Crippen LogP contribution in [0.1, 0.15) is 12.5 Å². The maximum Gasteiger partial charge on any atom is 0.418 e. The van der Waals surface area contributed by atoms with Crippen molar-refractivity contribution in [2.24, 2.45) is 0 Å². The van der Waals surface area contributed by atoms with Crippen LogP contribution in [0.3, 0.4) is 0 Å². The lowest BCUT2D eigenvalue weighted by Gasteiger charge is -2.13. The van der Waals surface area contributed by atoms with Gasteiger partial charge in [-0.25, -0.2) is 0 Å². The van der Waals surface area contributed by atoms with Gasteiger partial charge in [-0.05, 0) is 6.07 Å². The molecule has 0 bridgehead atoms. The van der Waals surface area contributed by atoms with Crippen molar-refractivity contribution < 1.29 is 22.9 Å². The van der Waals surface area contributed by atoms with Crippen LogP contribution in [0.25, 0.3) is 0 Å². The van der Waals surface area contributed by atoms with E-state index in [4.69, 9.17) is 11.6 Å². The van der Waals surface area contributed by atoms with Crippen molar-refractivity contribution in [2.45, 2.75) is 13.1 Å². The minimum atomic E-state index is -4.87. The summed E-state index contributed by atoms with van der Waals surface area (Å²) in [5.74, 6) is -0.856. The fourth-order valence-corrected chi connectivity index (χ4v) is 1.48. The fraction of sp³-hybridized carbons (Fsp3) is 0.222. The van der Waals surface area contributed by atoms with E-state index in [1.807, 2.05) is 0 Å². The standard InChI is InChI=1S/C9H6ClF3N2O3/c1-4(16)14-8-6(9(11,12)13)2-5(10)3-7(8)15(17)18/h2-3H,1H3,(H,14,16). The molecule has 0 radical (unpaired) electrons. The lowest BCUT2D eigenvalue weighted by molar-refractivity contribution is -0.384. The minimum absolute atomic E-state index is 0.442. The Labute approximate surface area is 104 Å². The maximum absolute atomic E-state index is 12.7. The highest BCUT2D eigenvalue weighted by molar-refractivity contribution is 6.31. The van der Waals surface area contributed by atoms with E-state index in [9.17, 15) is 28.1 Å². The van der Waals surface area contributed by atoms with Crippen molar-refractivity contribution in [3.63, 3.8) is 0 Å². The average molecular weight is 283 g/mol. The Hall–Kier alpha value is -1.83. The predicted octanol–water partition coefficient (Wildman–Crippen LogP) is 3.23. The number of carbonyl (C=O) groups is 1. The molecule has 1 N–H and O–H groups in total. The second-order valence-electron chi connectivity index (χ2n) is 3.28. The molecule has 98 valence electrons. The molecule has 1 aromatic carbocycles. The SMILES string of the molecule is CC(=O)Nc1c([N+](=O)[O-])cc(Cl)cc1C(F)(F)F. The Balaban J connectivity index is 3.57. The van der Waals surface area contributed by atoms with Crippen LogP contribution >= 0.6 is 11.6 Å². The largest absolute Gasteiger partial charge is 0.418 e. The average Bonchev–Trinajstić information content (AvgIpc) is 2.17. The molecule has 1 rings (SSSR count). The quantitative estimate of drug-likeness (QED) is 0.668. The van der Waals surface area contributed by atoms with Crippen LogP contribution in [-0.4, -0.2) is 10.8 Å². The topological polar surface area (TPSA) is 72.2 Å². The van der Waals surface area contributed by atoms with E-state index >= 15 is 0 Å². The molecule has 0 saturated heterocycles. The summed E-state index contributed by atoms with van der Waals surface area (Å²) in [7, 11) is 0. The molecule has 0 aliphatic carbocycles. The summed E-state index contributed by atoms with van der Waals surface area (Å²) in [5, 5.41) is 12.0. The van der Waals surface area contributed by atoms with Crippen molar-refractivity contribution in [3.05, 3.63) is 32.8 Å². The van der Waals surface area contributed by atoms with Gasteiger partial charge in [0.15, 0.2) is 0 Å². The number of hydrogen-bond acceptors (Lipinski definition) is 3. The van der Waals surface area contributed by atoms with Crippen LogP contribution in [-0.2, 0) is 11.0 Å². The van der Waals surface area contributed by atoms with E-state index in [1.54, 1.807) is 5.32 Å². The lowest BCUT2D eigenvalue weighted by atomic mass is 10.1. The molecular formula is C9H6ClF3N2O3. The van der Waals surface area contributed by atoms with E-state index < -0.39 is 39.0 Å². The molecule has 1 amide bonds. The van der Waals surface area contributed by atoms with Gasteiger partial charge in [-0.2, -0.15) is 13.2 Å². The van der Waals surface area contributed by atoms with Crippen LogP contribution in [0.15, 0.2) is 12.1 Å². The Morgan fingerprint density at radius 2 is 2.00 bits per heavy atom. The number of nitro benzene ring substituents is 1. The zero-order valence-corrected chi connectivity index (χ0v) is 9.59. The molecule has 1 aromatic rings. The van der Waals surface area contributed by atoms with E-state index in [1.165, 1.54) is 0 Å². The Morgan fingerprint density at radius 3 is 2.39 bits per heavy atom. The number of nitro groups is 1. The third-order valence-corrected chi connectivity index (χ3v) is 2.10. The lowest BCUT2D eigenvalue weighted by Crippen LogP contribution is -2.15. The van der Waals surface area contributed by atoms with Gasteiger partial charge in [-0.15, -0.1) is 0 Å².